The number of nitrogens with one attached hydrogen (secondary N) is 1. The second-order valence-corrected chi connectivity index (χ2v) is 7.91. The van der Waals surface area contributed by atoms with Crippen LogP contribution < -0.4 is 15.8 Å². The number of carbonyl (C=O) groups is 2. The number of amides is 2. The van der Waals surface area contributed by atoms with Crippen molar-refractivity contribution in [1.29, 1.82) is 0 Å². The summed E-state index contributed by atoms with van der Waals surface area (Å²) >= 11 is 0. The minimum absolute atomic E-state index is 0.0108. The lowest BCUT2D eigenvalue weighted by atomic mass is 9.97. The first-order valence-corrected chi connectivity index (χ1v) is 9.28. The molecule has 0 aromatic heterocycles. The largest absolute Gasteiger partial charge is 0.484 e. The van der Waals surface area contributed by atoms with Crippen LogP contribution in [0.3, 0.4) is 0 Å². The van der Waals surface area contributed by atoms with E-state index in [1.165, 1.54) is 0 Å². The van der Waals surface area contributed by atoms with E-state index in [2.05, 4.69) is 19.2 Å². The molecular weight excluding hydrogens is 330 g/mol. The van der Waals surface area contributed by atoms with Crippen LogP contribution in [0.25, 0.3) is 0 Å². The molecule has 0 saturated carbocycles. The highest BCUT2D eigenvalue weighted by Gasteiger charge is 2.28. The summed E-state index contributed by atoms with van der Waals surface area (Å²) in [6, 6.07) is 7.30. The molecule has 1 aliphatic heterocycles. The second-order valence-electron chi connectivity index (χ2n) is 7.91. The van der Waals surface area contributed by atoms with Gasteiger partial charge in [-0.05, 0) is 71.2 Å². The van der Waals surface area contributed by atoms with E-state index in [1.54, 1.807) is 24.3 Å². The Labute approximate surface area is 156 Å². The molecular formula is C20H31N3O3. The maximum absolute atomic E-state index is 12.5. The molecule has 1 aromatic rings. The van der Waals surface area contributed by atoms with Gasteiger partial charge in [0.15, 0.2) is 6.61 Å². The highest BCUT2D eigenvalue weighted by atomic mass is 16.5. The molecule has 1 aromatic carbocycles. The van der Waals surface area contributed by atoms with Crippen molar-refractivity contribution in [3.63, 3.8) is 0 Å². The van der Waals surface area contributed by atoms with Gasteiger partial charge < -0.3 is 20.7 Å². The summed E-state index contributed by atoms with van der Waals surface area (Å²) in [5, 5.41) is 2.80. The fraction of sp³-hybridized carbons (Fsp3) is 0.600. The number of ether oxygens (including phenoxy) is 1. The molecule has 1 saturated heterocycles. The summed E-state index contributed by atoms with van der Waals surface area (Å²) in [6.07, 6.45) is 3.25. The van der Waals surface area contributed by atoms with Crippen LogP contribution in [0.5, 0.6) is 5.75 Å². The van der Waals surface area contributed by atoms with E-state index < -0.39 is 5.54 Å². The van der Waals surface area contributed by atoms with E-state index in [4.69, 9.17) is 10.5 Å². The minimum Gasteiger partial charge on any atom is -0.484 e. The summed E-state index contributed by atoms with van der Waals surface area (Å²) in [4.78, 5) is 26.5. The van der Waals surface area contributed by atoms with Crippen molar-refractivity contribution in [2.24, 2.45) is 5.73 Å². The van der Waals surface area contributed by atoms with Crippen molar-refractivity contribution in [1.82, 2.24) is 10.2 Å². The van der Waals surface area contributed by atoms with Crippen LogP contribution >= 0.6 is 0 Å². The minimum atomic E-state index is -0.457. The zero-order chi connectivity index (χ0) is 19.3. The van der Waals surface area contributed by atoms with Crippen molar-refractivity contribution < 1.29 is 14.3 Å². The average Bonchev–Trinajstić information content (AvgIpc) is 2.57. The lowest BCUT2D eigenvalue weighted by Crippen LogP contribution is -2.49. The number of rotatable bonds is 6. The summed E-state index contributed by atoms with van der Waals surface area (Å²) in [5.74, 6) is 0.408. The molecule has 2 atom stereocenters. The molecule has 2 amide bonds. The maximum Gasteiger partial charge on any atom is 0.260 e. The Kier molecular flexibility index (Phi) is 6.64. The van der Waals surface area contributed by atoms with Gasteiger partial charge in [-0.1, -0.05) is 0 Å². The van der Waals surface area contributed by atoms with Gasteiger partial charge in [-0.3, -0.25) is 9.59 Å². The fourth-order valence-corrected chi connectivity index (χ4v) is 3.25. The molecule has 26 heavy (non-hydrogen) atoms. The van der Waals surface area contributed by atoms with Gasteiger partial charge in [0.05, 0.1) is 0 Å². The number of nitrogens with zero attached hydrogens (tertiary/aromatic N) is 1. The van der Waals surface area contributed by atoms with Gasteiger partial charge in [0.25, 0.3) is 11.8 Å². The highest BCUT2D eigenvalue weighted by Crippen LogP contribution is 2.23. The van der Waals surface area contributed by atoms with Gasteiger partial charge in [-0.25, -0.2) is 0 Å². The molecule has 144 valence electrons. The molecule has 0 aliphatic carbocycles. The Morgan fingerprint density at radius 2 is 1.77 bits per heavy atom. The lowest BCUT2D eigenvalue weighted by Gasteiger charge is -2.38. The first-order valence-electron chi connectivity index (χ1n) is 9.28. The van der Waals surface area contributed by atoms with Crippen molar-refractivity contribution >= 4 is 11.8 Å². The first kappa shape index (κ1) is 20.2. The lowest BCUT2D eigenvalue weighted by molar-refractivity contribution is -0.139. The molecule has 2 unspecified atom stereocenters. The molecule has 1 fully saturated rings. The second kappa shape index (κ2) is 8.54. The molecule has 0 bridgehead atoms. The number of piperidine rings is 1. The van der Waals surface area contributed by atoms with Crippen molar-refractivity contribution in [2.75, 3.05) is 13.2 Å². The Hall–Kier alpha value is -2.08. The number of nitrogens with two attached hydrogens (primary N) is 1. The van der Waals surface area contributed by atoms with Crippen LogP contribution in [-0.2, 0) is 4.79 Å². The van der Waals surface area contributed by atoms with Crippen molar-refractivity contribution in [3.8, 4) is 5.75 Å². The van der Waals surface area contributed by atoms with Gasteiger partial charge in [-0.2, -0.15) is 0 Å². The van der Waals surface area contributed by atoms with Crippen LogP contribution in [0.1, 0.15) is 57.3 Å². The predicted molar refractivity (Wildman–Crippen MR) is 102 cm³/mol. The van der Waals surface area contributed by atoms with Crippen LogP contribution in [0, 0.1) is 0 Å². The third-order valence-corrected chi connectivity index (χ3v) is 4.66. The van der Waals surface area contributed by atoms with Crippen LogP contribution in [0.15, 0.2) is 24.3 Å². The molecule has 1 aliphatic rings. The number of hydrogen-bond donors (Lipinski definition) is 2. The Morgan fingerprint density at radius 3 is 2.31 bits per heavy atom. The third-order valence-electron chi connectivity index (χ3n) is 4.66. The molecule has 0 radical (unpaired) electrons. The highest BCUT2D eigenvalue weighted by molar-refractivity contribution is 5.94. The van der Waals surface area contributed by atoms with E-state index in [9.17, 15) is 9.59 Å². The molecule has 3 N–H and O–H groups in total. The number of hydrogen-bond acceptors (Lipinski definition) is 4. The van der Waals surface area contributed by atoms with Crippen LogP contribution in [-0.4, -0.2) is 47.5 Å². The average molecular weight is 361 g/mol. The normalized spacial score (nSPS) is 20.6. The Bertz CT molecular complexity index is 612. The first-order chi connectivity index (χ1) is 12.2. The van der Waals surface area contributed by atoms with Gasteiger partial charge in [0.2, 0.25) is 0 Å². The molecule has 6 nitrogen and oxygen atoms in total. The maximum atomic E-state index is 12.5. The number of carbonyl (C=O) groups excluding carboxylic acids is 2. The SMILES string of the molecule is CC1CCCC(C)N1C(=O)COc1ccc(C(=O)NCC(C)(C)N)cc1. The molecule has 1 heterocycles. The van der Waals surface area contributed by atoms with E-state index in [-0.39, 0.29) is 30.5 Å². The van der Waals surface area contributed by atoms with Crippen molar-refractivity contribution in [3.05, 3.63) is 29.8 Å². The van der Waals surface area contributed by atoms with Crippen LogP contribution in [0.4, 0.5) is 0 Å². The van der Waals surface area contributed by atoms with E-state index in [1.807, 2.05) is 18.7 Å². The number of likely N-dealkylation sites (tertiary alicyclic amines) is 1. The van der Waals surface area contributed by atoms with Crippen molar-refractivity contribution in [2.45, 2.75) is 64.6 Å². The number of benzene rings is 1. The topological polar surface area (TPSA) is 84.7 Å². The molecule has 2 rings (SSSR count). The fourth-order valence-electron chi connectivity index (χ4n) is 3.25. The third kappa shape index (κ3) is 5.73. The van der Waals surface area contributed by atoms with E-state index in [0.717, 1.165) is 19.3 Å². The van der Waals surface area contributed by atoms with Gasteiger partial charge in [-0.15, -0.1) is 0 Å². The van der Waals surface area contributed by atoms with Gasteiger partial charge >= 0.3 is 0 Å². The summed E-state index contributed by atoms with van der Waals surface area (Å²) in [5.41, 5.74) is 5.94. The summed E-state index contributed by atoms with van der Waals surface area (Å²) < 4.78 is 5.62. The predicted octanol–water partition coefficient (Wildman–Crippen LogP) is 2.32. The quantitative estimate of drug-likeness (QED) is 0.814. The van der Waals surface area contributed by atoms with E-state index in [0.29, 0.717) is 17.9 Å². The molecule has 0 spiro atoms. The van der Waals surface area contributed by atoms with Gasteiger partial charge in [0.1, 0.15) is 5.75 Å². The summed E-state index contributed by atoms with van der Waals surface area (Å²) in [6.45, 7) is 8.29. The Morgan fingerprint density at radius 1 is 1.19 bits per heavy atom. The van der Waals surface area contributed by atoms with E-state index >= 15 is 0 Å². The monoisotopic (exact) mass is 361 g/mol. The Balaban J connectivity index is 1.87. The zero-order valence-electron chi connectivity index (χ0n) is 16.2. The smallest absolute Gasteiger partial charge is 0.260 e. The van der Waals surface area contributed by atoms with Crippen LogP contribution in [0.2, 0.25) is 0 Å². The zero-order valence-corrected chi connectivity index (χ0v) is 16.2. The standard InChI is InChI=1S/C20H31N3O3/c1-14-6-5-7-15(2)23(14)18(24)12-26-17-10-8-16(9-11-17)19(25)22-13-20(3,4)21/h8-11,14-15H,5-7,12-13,21H2,1-4H3,(H,22,25). The van der Waals surface area contributed by atoms with Gasteiger partial charge in [0, 0.05) is 29.7 Å². The molecule has 6 heteroatoms. The summed E-state index contributed by atoms with van der Waals surface area (Å²) in [7, 11) is 0.